The van der Waals surface area contributed by atoms with E-state index in [0.29, 0.717) is 10.6 Å². The third kappa shape index (κ3) is 2.53. The Morgan fingerprint density at radius 2 is 1.89 bits per heavy atom. The second-order valence-corrected chi connectivity index (χ2v) is 5.32. The van der Waals surface area contributed by atoms with Crippen LogP contribution < -0.4 is 11.1 Å². The molecular formula is C14H18N2OS. The number of rotatable bonds is 4. The summed E-state index contributed by atoms with van der Waals surface area (Å²) in [6.45, 7) is 2.12. The van der Waals surface area contributed by atoms with Gasteiger partial charge in [0, 0.05) is 16.7 Å². The number of carbonyl (C=O) groups is 1. The Morgan fingerprint density at radius 1 is 1.33 bits per heavy atom. The molecule has 0 aliphatic heterocycles. The van der Waals surface area contributed by atoms with Gasteiger partial charge in [0.25, 0.3) is 5.91 Å². The second-order valence-electron chi connectivity index (χ2n) is 4.88. The molecule has 1 saturated carbocycles. The van der Waals surface area contributed by atoms with E-state index >= 15 is 0 Å². The van der Waals surface area contributed by atoms with Crippen molar-refractivity contribution in [2.45, 2.75) is 38.1 Å². The summed E-state index contributed by atoms with van der Waals surface area (Å²) in [4.78, 5) is 12.5. The van der Waals surface area contributed by atoms with E-state index in [1.807, 2.05) is 0 Å². The average molecular weight is 262 g/mol. The molecule has 0 atom stereocenters. The summed E-state index contributed by atoms with van der Waals surface area (Å²) in [5.41, 5.74) is 7.00. The zero-order chi connectivity index (χ0) is 13.2. The van der Waals surface area contributed by atoms with E-state index in [9.17, 15) is 4.79 Å². The molecule has 0 unspecified atom stereocenters. The Balaban J connectivity index is 2.07. The molecule has 1 aliphatic carbocycles. The Morgan fingerprint density at radius 3 is 2.28 bits per heavy atom. The quantitative estimate of drug-likeness (QED) is 0.819. The van der Waals surface area contributed by atoms with Crippen molar-refractivity contribution in [3.63, 3.8) is 0 Å². The second kappa shape index (κ2) is 5.06. The van der Waals surface area contributed by atoms with Gasteiger partial charge >= 0.3 is 0 Å². The fourth-order valence-corrected chi connectivity index (χ4v) is 2.41. The number of nitrogens with one attached hydrogen (secondary N) is 1. The molecule has 0 heterocycles. The van der Waals surface area contributed by atoms with Crippen LogP contribution in [-0.4, -0.2) is 16.4 Å². The fourth-order valence-electron chi connectivity index (χ4n) is 2.27. The van der Waals surface area contributed by atoms with Crippen molar-refractivity contribution in [1.29, 1.82) is 0 Å². The van der Waals surface area contributed by atoms with Crippen LogP contribution in [0.4, 0.5) is 0 Å². The van der Waals surface area contributed by atoms with Crippen molar-refractivity contribution in [2.75, 3.05) is 0 Å². The van der Waals surface area contributed by atoms with Gasteiger partial charge in [-0.15, -0.1) is 0 Å². The van der Waals surface area contributed by atoms with Crippen LogP contribution in [-0.2, 0) is 0 Å². The van der Waals surface area contributed by atoms with Gasteiger partial charge in [0.15, 0.2) is 0 Å². The van der Waals surface area contributed by atoms with Crippen molar-refractivity contribution in [2.24, 2.45) is 5.73 Å². The molecule has 0 radical (unpaired) electrons. The summed E-state index contributed by atoms with van der Waals surface area (Å²) in [5, 5.41) is 3.14. The third-order valence-electron chi connectivity index (χ3n) is 3.80. The molecule has 1 aromatic carbocycles. The summed E-state index contributed by atoms with van der Waals surface area (Å²) >= 11 is 4.88. The average Bonchev–Trinajstić information content (AvgIpc) is 2.33. The predicted molar refractivity (Wildman–Crippen MR) is 76.7 cm³/mol. The minimum atomic E-state index is -0.00830. The summed E-state index contributed by atoms with van der Waals surface area (Å²) in [7, 11) is 0. The van der Waals surface area contributed by atoms with E-state index in [4.69, 9.17) is 18.0 Å². The molecule has 0 bridgehead atoms. The highest BCUT2D eigenvalue weighted by Gasteiger charge is 2.36. The number of nitrogens with two attached hydrogens (primary N) is 1. The van der Waals surface area contributed by atoms with Crippen LogP contribution in [0.2, 0.25) is 0 Å². The molecule has 1 amide bonds. The van der Waals surface area contributed by atoms with Crippen LogP contribution >= 0.6 is 12.2 Å². The van der Waals surface area contributed by atoms with E-state index in [2.05, 4.69) is 12.2 Å². The normalized spacial score (nSPS) is 16.7. The molecule has 1 aliphatic rings. The molecular weight excluding hydrogens is 244 g/mol. The molecule has 4 heteroatoms. The highest BCUT2D eigenvalue weighted by molar-refractivity contribution is 7.80. The zero-order valence-corrected chi connectivity index (χ0v) is 11.3. The Kier molecular flexibility index (Phi) is 3.66. The number of benzene rings is 1. The predicted octanol–water partition coefficient (Wildman–Crippen LogP) is 2.38. The molecule has 3 nitrogen and oxygen atoms in total. The van der Waals surface area contributed by atoms with Crippen LogP contribution in [0.15, 0.2) is 24.3 Å². The zero-order valence-electron chi connectivity index (χ0n) is 10.5. The van der Waals surface area contributed by atoms with E-state index in [1.165, 1.54) is 6.42 Å². The first-order valence-electron chi connectivity index (χ1n) is 6.29. The van der Waals surface area contributed by atoms with Gasteiger partial charge in [-0.1, -0.05) is 31.3 Å². The molecule has 3 N–H and O–H groups in total. The van der Waals surface area contributed by atoms with Crippen molar-refractivity contribution >= 4 is 23.1 Å². The molecule has 1 aromatic rings. The van der Waals surface area contributed by atoms with E-state index in [-0.39, 0.29) is 11.4 Å². The summed E-state index contributed by atoms with van der Waals surface area (Å²) in [5.74, 6) is -0.00830. The molecule has 2 rings (SSSR count). The monoisotopic (exact) mass is 262 g/mol. The van der Waals surface area contributed by atoms with Crippen LogP contribution in [0.1, 0.15) is 48.5 Å². The number of amides is 1. The third-order valence-corrected chi connectivity index (χ3v) is 4.03. The maximum Gasteiger partial charge on any atom is 0.251 e. The number of hydrogen-bond donors (Lipinski definition) is 2. The van der Waals surface area contributed by atoms with Crippen LogP contribution in [0.25, 0.3) is 0 Å². The number of thiocarbonyl (C=S) groups is 1. The van der Waals surface area contributed by atoms with Gasteiger partial charge in [-0.2, -0.15) is 0 Å². The van der Waals surface area contributed by atoms with Crippen molar-refractivity contribution in [3.05, 3.63) is 35.4 Å². The Hall–Kier alpha value is -1.42. The van der Waals surface area contributed by atoms with Gasteiger partial charge in [-0.05, 0) is 37.8 Å². The van der Waals surface area contributed by atoms with Gasteiger partial charge in [0.1, 0.15) is 4.99 Å². The van der Waals surface area contributed by atoms with Crippen LogP contribution in [0.5, 0.6) is 0 Å². The van der Waals surface area contributed by atoms with Crippen molar-refractivity contribution < 1.29 is 4.79 Å². The minimum Gasteiger partial charge on any atom is -0.389 e. The molecule has 0 saturated heterocycles. The van der Waals surface area contributed by atoms with Crippen LogP contribution in [0, 0.1) is 0 Å². The van der Waals surface area contributed by atoms with E-state index in [1.54, 1.807) is 24.3 Å². The first-order valence-corrected chi connectivity index (χ1v) is 6.69. The smallest absolute Gasteiger partial charge is 0.251 e. The molecule has 96 valence electrons. The van der Waals surface area contributed by atoms with Gasteiger partial charge in [0.2, 0.25) is 0 Å². The largest absolute Gasteiger partial charge is 0.389 e. The van der Waals surface area contributed by atoms with Gasteiger partial charge in [-0.25, -0.2) is 0 Å². The highest BCUT2D eigenvalue weighted by Crippen LogP contribution is 2.34. The SMILES string of the molecule is CCC1(NC(=O)c2ccc(C(N)=S)cc2)CCC1. The van der Waals surface area contributed by atoms with E-state index < -0.39 is 0 Å². The maximum atomic E-state index is 12.1. The van der Waals surface area contributed by atoms with E-state index in [0.717, 1.165) is 24.8 Å². The molecule has 0 spiro atoms. The summed E-state index contributed by atoms with van der Waals surface area (Å²) in [6.07, 6.45) is 4.36. The first-order chi connectivity index (χ1) is 8.56. The number of carbonyl (C=O) groups excluding carboxylic acids is 1. The fraction of sp³-hybridized carbons (Fsp3) is 0.429. The highest BCUT2D eigenvalue weighted by atomic mass is 32.1. The lowest BCUT2D eigenvalue weighted by atomic mass is 9.74. The Bertz CT molecular complexity index is 458. The van der Waals surface area contributed by atoms with Crippen molar-refractivity contribution in [3.8, 4) is 0 Å². The molecule has 1 fully saturated rings. The van der Waals surface area contributed by atoms with Gasteiger partial charge in [-0.3, -0.25) is 4.79 Å². The lowest BCUT2D eigenvalue weighted by Gasteiger charge is -2.42. The summed E-state index contributed by atoms with van der Waals surface area (Å²) in [6, 6.07) is 7.12. The summed E-state index contributed by atoms with van der Waals surface area (Å²) < 4.78 is 0. The molecule has 0 aromatic heterocycles. The lowest BCUT2D eigenvalue weighted by Crippen LogP contribution is -2.52. The van der Waals surface area contributed by atoms with Crippen molar-refractivity contribution in [1.82, 2.24) is 5.32 Å². The van der Waals surface area contributed by atoms with Crippen LogP contribution in [0.3, 0.4) is 0 Å². The lowest BCUT2D eigenvalue weighted by molar-refractivity contribution is 0.0820. The first kappa shape index (κ1) is 13.0. The molecule has 18 heavy (non-hydrogen) atoms. The topological polar surface area (TPSA) is 55.1 Å². The van der Waals surface area contributed by atoms with Gasteiger partial charge < -0.3 is 11.1 Å². The maximum absolute atomic E-state index is 12.1. The standard InChI is InChI=1S/C14H18N2OS/c1-2-14(8-3-9-14)16-13(17)11-6-4-10(5-7-11)12(15)18/h4-7H,2-3,8-9H2,1H3,(H2,15,18)(H,16,17). The minimum absolute atomic E-state index is 0.00830. The van der Waals surface area contributed by atoms with Gasteiger partial charge in [0.05, 0.1) is 0 Å². The number of hydrogen-bond acceptors (Lipinski definition) is 2. The Labute approximate surface area is 113 Å².